The van der Waals surface area contributed by atoms with Crippen molar-refractivity contribution in [2.45, 2.75) is 193 Å². The molecule has 0 saturated carbocycles. The van der Waals surface area contributed by atoms with Gasteiger partial charge in [-0.25, -0.2) is 0 Å². The molecule has 2 rings (SSSR count). The Bertz CT molecular complexity index is 714. The largest absolute Gasteiger partial charge is 0.356 e. The highest BCUT2D eigenvalue weighted by Gasteiger charge is 2.25. The molecule has 1 atom stereocenters. The SMILES string of the molecule is CCCCCCCCCCCCCCCCCN1C=CN(CCCCCCCCCCCCC)C1Cc1ccccc1. The van der Waals surface area contributed by atoms with Gasteiger partial charge in [0.15, 0.2) is 0 Å². The first kappa shape index (κ1) is 36.8. The van der Waals surface area contributed by atoms with Crippen molar-refractivity contribution >= 4 is 0 Å². The number of hydrogen-bond acceptors (Lipinski definition) is 2. The van der Waals surface area contributed by atoms with Crippen molar-refractivity contribution < 1.29 is 0 Å². The molecule has 1 aliphatic heterocycles. The van der Waals surface area contributed by atoms with Crippen LogP contribution >= 0.6 is 0 Å². The smallest absolute Gasteiger partial charge is 0.105 e. The van der Waals surface area contributed by atoms with E-state index in [0.29, 0.717) is 6.17 Å². The lowest BCUT2D eigenvalue weighted by atomic mass is 10.0. The molecule has 1 heterocycles. The predicted molar refractivity (Wildman–Crippen MR) is 188 cm³/mol. The van der Waals surface area contributed by atoms with E-state index < -0.39 is 0 Å². The summed E-state index contributed by atoms with van der Waals surface area (Å²) in [4.78, 5) is 5.29. The molecule has 0 saturated heterocycles. The van der Waals surface area contributed by atoms with Gasteiger partial charge in [0.05, 0.1) is 0 Å². The van der Waals surface area contributed by atoms with Crippen molar-refractivity contribution in [3.63, 3.8) is 0 Å². The third kappa shape index (κ3) is 19.0. The van der Waals surface area contributed by atoms with Gasteiger partial charge >= 0.3 is 0 Å². The number of rotatable bonds is 30. The lowest BCUT2D eigenvalue weighted by Crippen LogP contribution is -2.41. The lowest BCUT2D eigenvalue weighted by molar-refractivity contribution is 0.148. The van der Waals surface area contributed by atoms with Crippen molar-refractivity contribution in [2.75, 3.05) is 13.1 Å². The zero-order chi connectivity index (χ0) is 29.8. The minimum absolute atomic E-state index is 0.502. The Morgan fingerprint density at radius 2 is 0.714 bits per heavy atom. The van der Waals surface area contributed by atoms with Gasteiger partial charge in [-0.3, -0.25) is 0 Å². The number of hydrogen-bond donors (Lipinski definition) is 0. The summed E-state index contributed by atoms with van der Waals surface area (Å²) in [6.07, 6.45) is 43.5. The first-order valence-corrected chi connectivity index (χ1v) is 19.1. The Kier molecular flexibility index (Phi) is 23.7. The second kappa shape index (κ2) is 27.1. The van der Waals surface area contributed by atoms with E-state index in [9.17, 15) is 0 Å². The molecule has 2 nitrogen and oxygen atoms in total. The minimum atomic E-state index is 0.502. The molecular weight excluding hydrogens is 508 g/mol. The average Bonchev–Trinajstić information content (AvgIpc) is 3.39. The van der Waals surface area contributed by atoms with Crippen LogP contribution in [-0.2, 0) is 6.42 Å². The number of benzene rings is 1. The summed E-state index contributed by atoms with van der Waals surface area (Å²) in [7, 11) is 0. The van der Waals surface area contributed by atoms with Gasteiger partial charge in [0, 0.05) is 31.9 Å². The van der Waals surface area contributed by atoms with Crippen molar-refractivity contribution in [3.8, 4) is 0 Å². The van der Waals surface area contributed by atoms with E-state index in [1.165, 1.54) is 186 Å². The highest BCUT2D eigenvalue weighted by molar-refractivity contribution is 5.17. The van der Waals surface area contributed by atoms with Gasteiger partial charge in [0.1, 0.15) is 6.17 Å². The minimum Gasteiger partial charge on any atom is -0.356 e. The van der Waals surface area contributed by atoms with Crippen LogP contribution in [0.4, 0.5) is 0 Å². The molecule has 0 bridgehead atoms. The van der Waals surface area contributed by atoms with Crippen LogP contribution in [0, 0.1) is 0 Å². The number of unbranched alkanes of at least 4 members (excludes halogenated alkanes) is 24. The third-order valence-electron chi connectivity index (χ3n) is 9.52. The highest BCUT2D eigenvalue weighted by Crippen LogP contribution is 2.23. The van der Waals surface area contributed by atoms with E-state index in [2.05, 4.69) is 66.4 Å². The monoisotopic (exact) mass is 581 g/mol. The first-order valence-electron chi connectivity index (χ1n) is 19.1. The fraction of sp³-hybridized carbons (Fsp3) is 0.800. The van der Waals surface area contributed by atoms with Crippen LogP contribution in [0.25, 0.3) is 0 Å². The molecule has 0 radical (unpaired) electrons. The molecule has 0 aliphatic carbocycles. The second-order valence-electron chi connectivity index (χ2n) is 13.4. The predicted octanol–water partition coefficient (Wildman–Crippen LogP) is 12.8. The molecule has 0 aromatic heterocycles. The zero-order valence-electron chi connectivity index (χ0n) is 28.5. The second-order valence-corrected chi connectivity index (χ2v) is 13.4. The molecule has 42 heavy (non-hydrogen) atoms. The van der Waals surface area contributed by atoms with Gasteiger partial charge in [-0.2, -0.15) is 0 Å². The van der Waals surface area contributed by atoms with Gasteiger partial charge in [-0.05, 0) is 18.4 Å². The van der Waals surface area contributed by atoms with Gasteiger partial charge in [-0.15, -0.1) is 0 Å². The molecule has 0 amide bonds. The molecule has 1 unspecified atom stereocenters. The van der Waals surface area contributed by atoms with E-state index in [1.807, 2.05) is 0 Å². The average molecular weight is 581 g/mol. The topological polar surface area (TPSA) is 6.48 Å². The van der Waals surface area contributed by atoms with Gasteiger partial charge in [-0.1, -0.05) is 198 Å². The number of nitrogens with zero attached hydrogens (tertiary/aromatic N) is 2. The maximum absolute atomic E-state index is 2.65. The normalized spacial score (nSPS) is 14.9. The summed E-state index contributed by atoms with van der Waals surface area (Å²) in [6, 6.07) is 11.2. The fourth-order valence-corrected chi connectivity index (χ4v) is 6.69. The third-order valence-corrected chi connectivity index (χ3v) is 9.52. The van der Waals surface area contributed by atoms with Crippen LogP contribution in [0.5, 0.6) is 0 Å². The molecule has 2 heteroatoms. The Balaban J connectivity index is 1.53. The van der Waals surface area contributed by atoms with Crippen molar-refractivity contribution in [1.82, 2.24) is 9.80 Å². The van der Waals surface area contributed by atoms with Crippen molar-refractivity contribution in [2.24, 2.45) is 0 Å². The molecular formula is C40H72N2. The zero-order valence-corrected chi connectivity index (χ0v) is 28.5. The fourth-order valence-electron chi connectivity index (χ4n) is 6.69. The quantitative estimate of drug-likeness (QED) is 0.0835. The summed E-state index contributed by atoms with van der Waals surface area (Å²) < 4.78 is 0. The molecule has 242 valence electrons. The Labute approximate surface area is 264 Å². The molecule has 1 aliphatic rings. The van der Waals surface area contributed by atoms with Crippen LogP contribution in [-0.4, -0.2) is 29.1 Å². The van der Waals surface area contributed by atoms with E-state index >= 15 is 0 Å². The Hall–Kier alpha value is -1.44. The van der Waals surface area contributed by atoms with E-state index in [4.69, 9.17) is 0 Å². The first-order chi connectivity index (χ1) is 20.8. The van der Waals surface area contributed by atoms with Gasteiger partial charge in [0.25, 0.3) is 0 Å². The maximum atomic E-state index is 2.65. The van der Waals surface area contributed by atoms with Crippen molar-refractivity contribution in [1.29, 1.82) is 0 Å². The lowest BCUT2D eigenvalue weighted by Gasteiger charge is -2.33. The summed E-state index contributed by atoms with van der Waals surface area (Å²) in [6.45, 7) is 7.03. The van der Waals surface area contributed by atoms with E-state index in [0.717, 1.165) is 6.42 Å². The molecule has 0 fully saturated rings. The highest BCUT2D eigenvalue weighted by atomic mass is 15.4. The van der Waals surface area contributed by atoms with Crippen LogP contribution in [0.3, 0.4) is 0 Å². The van der Waals surface area contributed by atoms with Crippen molar-refractivity contribution in [3.05, 3.63) is 48.3 Å². The van der Waals surface area contributed by atoms with Gasteiger partial charge in [0.2, 0.25) is 0 Å². The van der Waals surface area contributed by atoms with Gasteiger partial charge < -0.3 is 9.80 Å². The molecule has 1 aromatic carbocycles. The summed E-state index contributed by atoms with van der Waals surface area (Å²) in [5.74, 6) is 0. The summed E-state index contributed by atoms with van der Waals surface area (Å²) in [5.41, 5.74) is 1.47. The van der Waals surface area contributed by atoms with E-state index in [-0.39, 0.29) is 0 Å². The molecule has 0 spiro atoms. The van der Waals surface area contributed by atoms with Crippen LogP contribution in [0.1, 0.15) is 186 Å². The van der Waals surface area contributed by atoms with E-state index in [1.54, 1.807) is 0 Å². The van der Waals surface area contributed by atoms with Crippen LogP contribution < -0.4 is 0 Å². The Morgan fingerprint density at radius 3 is 1.05 bits per heavy atom. The van der Waals surface area contributed by atoms with Crippen LogP contribution in [0.2, 0.25) is 0 Å². The molecule has 0 N–H and O–H groups in total. The summed E-state index contributed by atoms with van der Waals surface area (Å²) in [5, 5.41) is 0. The Morgan fingerprint density at radius 1 is 0.405 bits per heavy atom. The maximum Gasteiger partial charge on any atom is 0.105 e. The molecule has 1 aromatic rings. The summed E-state index contributed by atoms with van der Waals surface area (Å²) >= 11 is 0. The van der Waals surface area contributed by atoms with Crippen LogP contribution in [0.15, 0.2) is 42.7 Å². The standard InChI is InChI=1S/C40H72N2/c1-3-5-7-9-11-13-15-16-17-18-20-22-24-26-31-35-42-37-36-41(40(42)38-39-32-28-27-29-33-39)34-30-25-23-21-19-14-12-10-8-6-4-2/h27-29,32-33,36-37,40H,3-26,30-31,34-35,38H2,1-2H3.